The molecule has 0 spiro atoms. The van der Waals surface area contributed by atoms with E-state index in [2.05, 4.69) is 33.0 Å². The first-order valence-electron chi connectivity index (χ1n) is 16.1. The van der Waals surface area contributed by atoms with Gasteiger partial charge in [0.05, 0.1) is 25.3 Å². The summed E-state index contributed by atoms with van der Waals surface area (Å²) < 4.78 is 80.0. The Kier molecular flexibility index (Phi) is 8.69. The highest BCUT2D eigenvalue weighted by Crippen LogP contribution is 2.69. The zero-order valence-electron chi connectivity index (χ0n) is 25.7. The van der Waals surface area contributed by atoms with E-state index in [9.17, 15) is 41.0 Å². The van der Waals surface area contributed by atoms with E-state index in [4.69, 9.17) is 0 Å². The van der Waals surface area contributed by atoms with Gasteiger partial charge in [-0.1, -0.05) is 34.1 Å². The first-order valence-corrected chi connectivity index (χ1v) is 17.5. The molecule has 2 amide bonds. The third kappa shape index (κ3) is 5.49. The van der Waals surface area contributed by atoms with E-state index in [0.29, 0.717) is 30.1 Å². The fourth-order valence-corrected chi connectivity index (χ4v) is 11.8. The van der Waals surface area contributed by atoms with Crippen LogP contribution in [0.2, 0.25) is 0 Å². The molecule has 248 valence electrons. The topological polar surface area (TPSA) is 119 Å². The number of nitrogens with zero attached hydrogens (tertiary/aromatic N) is 1. The molecule has 0 unspecified atom stereocenters. The van der Waals surface area contributed by atoms with Crippen molar-refractivity contribution in [1.29, 1.82) is 0 Å². The van der Waals surface area contributed by atoms with Crippen molar-refractivity contribution in [3.05, 3.63) is 0 Å². The molecule has 11 atom stereocenters. The predicted octanol–water partition coefficient (Wildman–Crippen LogP) is 4.77. The molecular formula is C30H49F4N3O5S. The fraction of sp³-hybridized carbons (Fsp3) is 0.967. The molecule has 13 heteroatoms. The maximum absolute atomic E-state index is 13.5. The van der Waals surface area contributed by atoms with Crippen LogP contribution in [-0.2, 0) is 10.2 Å². The Morgan fingerprint density at radius 2 is 1.56 bits per heavy atom. The monoisotopic (exact) mass is 639 g/mol. The van der Waals surface area contributed by atoms with Crippen molar-refractivity contribution in [2.45, 2.75) is 110 Å². The highest BCUT2D eigenvalue weighted by atomic mass is 32.2. The number of carbonyl (C=O) groups is 1. The Morgan fingerprint density at radius 3 is 2.19 bits per heavy atom. The van der Waals surface area contributed by atoms with Crippen LogP contribution >= 0.6 is 0 Å². The highest BCUT2D eigenvalue weighted by Gasteiger charge is 2.66. The molecule has 4 saturated carbocycles. The second-order valence-corrected chi connectivity index (χ2v) is 16.6. The second kappa shape index (κ2) is 11.3. The summed E-state index contributed by atoms with van der Waals surface area (Å²) in [5.41, 5.74) is 0.141. The van der Waals surface area contributed by atoms with Gasteiger partial charge in [-0.05, 0) is 104 Å². The van der Waals surface area contributed by atoms with Crippen LogP contribution in [0.3, 0.4) is 0 Å². The summed E-state index contributed by atoms with van der Waals surface area (Å²) in [5, 5.41) is 24.8. The van der Waals surface area contributed by atoms with Gasteiger partial charge in [-0.3, -0.25) is 0 Å². The van der Waals surface area contributed by atoms with Gasteiger partial charge in [-0.15, -0.1) is 0 Å². The van der Waals surface area contributed by atoms with Crippen LogP contribution in [0.25, 0.3) is 0 Å². The van der Waals surface area contributed by atoms with E-state index in [1.807, 2.05) is 0 Å². The molecule has 8 nitrogen and oxygen atoms in total. The summed E-state index contributed by atoms with van der Waals surface area (Å²) in [7, 11) is -4.86. The van der Waals surface area contributed by atoms with Crippen molar-refractivity contribution < 1.29 is 41.0 Å². The molecule has 0 radical (unpaired) electrons. The first-order chi connectivity index (χ1) is 19.9. The van der Waals surface area contributed by atoms with Crippen LogP contribution in [0.1, 0.15) is 85.5 Å². The first kappa shape index (κ1) is 33.2. The van der Waals surface area contributed by atoms with Crippen molar-refractivity contribution in [3.8, 4) is 0 Å². The van der Waals surface area contributed by atoms with Crippen LogP contribution < -0.4 is 10.0 Å². The lowest BCUT2D eigenvalue weighted by Crippen LogP contribution is -2.62. The lowest BCUT2D eigenvalue weighted by Gasteiger charge is -2.64. The minimum atomic E-state index is -4.86. The molecule has 43 heavy (non-hydrogen) atoms. The molecule has 5 rings (SSSR count). The number of alkyl halides is 4. The van der Waals surface area contributed by atoms with Gasteiger partial charge >= 0.3 is 28.1 Å². The number of halogens is 4. The number of hydrogen-bond acceptors (Lipinski definition) is 5. The van der Waals surface area contributed by atoms with Gasteiger partial charge < -0.3 is 15.5 Å². The maximum atomic E-state index is 13.5. The van der Waals surface area contributed by atoms with Crippen LogP contribution in [-0.4, -0.2) is 72.7 Å². The third-order valence-electron chi connectivity index (χ3n) is 12.9. The Bertz CT molecular complexity index is 1160. The smallest absolute Gasteiger partial charge is 0.329 e. The predicted molar refractivity (Wildman–Crippen MR) is 152 cm³/mol. The Balaban J connectivity index is 1.19. The zero-order valence-corrected chi connectivity index (χ0v) is 26.5. The Morgan fingerprint density at radius 1 is 0.953 bits per heavy atom. The van der Waals surface area contributed by atoms with Crippen molar-refractivity contribution in [2.75, 3.05) is 19.6 Å². The summed E-state index contributed by atoms with van der Waals surface area (Å²) >= 11 is 0. The van der Waals surface area contributed by atoms with Gasteiger partial charge in [0.25, 0.3) is 0 Å². The van der Waals surface area contributed by atoms with E-state index in [1.54, 1.807) is 4.72 Å². The quantitative estimate of drug-likeness (QED) is 0.300. The Hall–Kier alpha value is -1.18. The average molecular weight is 640 g/mol. The minimum Gasteiger partial charge on any atom is -0.393 e. The van der Waals surface area contributed by atoms with Gasteiger partial charge in [0.15, 0.2) is 0 Å². The molecule has 0 bridgehead atoms. The summed E-state index contributed by atoms with van der Waals surface area (Å²) in [6, 6.07) is -1.14. The molecule has 0 aromatic carbocycles. The third-order valence-corrected chi connectivity index (χ3v) is 14.3. The molecule has 4 aliphatic carbocycles. The standard InChI is InChI=1S/C30H49F4N3O5S/c1-5-19-23-14-18(38)8-11-28(23,4)22-9-12-27(3)20(6-7-21(27)24(22)25(19)39)17(2)10-13-35-26(40)36-43(41,42)37-15-29(31,32)30(33,34)16-37/h17-25,38-39H,5-16H2,1-4H3,(H2,35,36,40)/t17-,18-,19-,20-,21+,22+,23+,24+,25-,27-,28-/m1/s1. The average Bonchev–Trinajstić information content (AvgIpc) is 3.37. The van der Waals surface area contributed by atoms with Gasteiger partial charge in [-0.2, -0.15) is 30.3 Å². The van der Waals surface area contributed by atoms with Gasteiger partial charge in [0.2, 0.25) is 0 Å². The normalized spacial score (nSPS) is 44.6. The van der Waals surface area contributed by atoms with E-state index < -0.39 is 41.2 Å². The van der Waals surface area contributed by atoms with Crippen LogP contribution in [0.4, 0.5) is 22.4 Å². The molecule has 4 N–H and O–H groups in total. The van der Waals surface area contributed by atoms with Gasteiger partial charge in [0.1, 0.15) is 0 Å². The summed E-state index contributed by atoms with van der Waals surface area (Å²) in [4.78, 5) is 12.3. The number of aliphatic hydroxyl groups excluding tert-OH is 2. The van der Waals surface area contributed by atoms with Crippen LogP contribution in [0.5, 0.6) is 0 Å². The fourth-order valence-electron chi connectivity index (χ4n) is 10.7. The highest BCUT2D eigenvalue weighted by molar-refractivity contribution is 7.87. The lowest BCUT2D eigenvalue weighted by atomic mass is 9.41. The molecule has 1 aliphatic heterocycles. The van der Waals surface area contributed by atoms with E-state index >= 15 is 0 Å². The lowest BCUT2D eigenvalue weighted by molar-refractivity contribution is -0.203. The zero-order chi connectivity index (χ0) is 31.8. The largest absolute Gasteiger partial charge is 0.393 e. The SMILES string of the molecule is CC[C@H]1[C@@H](O)[C@@H]2[C@H](CC[C@]3(C)[C@@H]([C@H](C)CCNC(=O)NS(=O)(=O)N4CC(F)(F)C(F)(F)C4)CC[C@@H]23)[C@@]2(C)CC[C@@H](O)C[C@@H]12. The minimum absolute atomic E-state index is 0.0229. The number of amides is 2. The number of rotatable bonds is 7. The number of nitrogens with one attached hydrogen (secondary N) is 2. The van der Waals surface area contributed by atoms with E-state index in [1.165, 1.54) is 0 Å². The van der Waals surface area contributed by atoms with Gasteiger partial charge in [0, 0.05) is 6.54 Å². The van der Waals surface area contributed by atoms with Crippen molar-refractivity contribution in [1.82, 2.24) is 14.3 Å². The number of aliphatic hydroxyl groups is 2. The van der Waals surface area contributed by atoms with Crippen molar-refractivity contribution in [3.63, 3.8) is 0 Å². The second-order valence-electron chi connectivity index (χ2n) is 14.9. The van der Waals surface area contributed by atoms with Crippen molar-refractivity contribution in [2.24, 2.45) is 52.3 Å². The number of hydrogen-bond donors (Lipinski definition) is 4. The number of carbonyl (C=O) groups excluding carboxylic acids is 1. The molecular weight excluding hydrogens is 590 g/mol. The summed E-state index contributed by atoms with van der Waals surface area (Å²) in [5.74, 6) is -6.94. The van der Waals surface area contributed by atoms with Crippen LogP contribution in [0.15, 0.2) is 0 Å². The number of fused-ring (bicyclic) bond motifs is 5. The van der Waals surface area contributed by atoms with Gasteiger partial charge in [-0.25, -0.2) is 9.52 Å². The molecule has 5 fully saturated rings. The Labute approximate surface area is 252 Å². The van der Waals surface area contributed by atoms with E-state index in [0.717, 1.165) is 51.4 Å². The van der Waals surface area contributed by atoms with Crippen molar-refractivity contribution >= 4 is 16.2 Å². The molecule has 1 saturated heterocycles. The molecule has 5 aliphatic rings. The molecule has 1 heterocycles. The summed E-state index contributed by atoms with van der Waals surface area (Å²) in [6.07, 6.45) is 7.51. The number of urea groups is 1. The molecule has 0 aromatic rings. The maximum Gasteiger partial charge on any atom is 0.329 e. The molecule has 0 aromatic heterocycles. The van der Waals surface area contributed by atoms with Crippen LogP contribution in [0, 0.1) is 52.3 Å². The summed E-state index contributed by atoms with van der Waals surface area (Å²) in [6.45, 7) is 5.79. The van der Waals surface area contributed by atoms with E-state index in [-0.39, 0.29) is 51.6 Å².